The predicted octanol–water partition coefficient (Wildman–Crippen LogP) is 3.72. The molecule has 0 N–H and O–H groups in total. The average molecular weight is 240 g/mol. The third-order valence-corrected chi connectivity index (χ3v) is 2.64. The van der Waals surface area contributed by atoms with Crippen LogP contribution in [0.5, 0.6) is 0 Å². The van der Waals surface area contributed by atoms with E-state index in [2.05, 4.69) is 0 Å². The summed E-state index contributed by atoms with van der Waals surface area (Å²) in [6.07, 6.45) is 1.86. The van der Waals surface area contributed by atoms with Crippen LogP contribution in [0.2, 0.25) is 0 Å². The maximum absolute atomic E-state index is 13.4. The number of Topliss-reactive ketones (excluding diaryl/α,β-unsaturated/α-hetero) is 1. The van der Waals surface area contributed by atoms with Crippen LogP contribution in [0.25, 0.3) is 0 Å². The number of hydrogen-bond donors (Lipinski definition) is 0. The normalized spacial score (nSPS) is 20.8. The minimum Gasteiger partial charge on any atom is -0.495 e. The predicted molar refractivity (Wildman–Crippen MR) is 66.4 cm³/mol. The molecule has 2 nitrogen and oxygen atoms in total. The Kier molecular flexibility index (Phi) is 4.91. The number of halogens is 1. The molecule has 0 aromatic carbocycles. The monoisotopic (exact) mass is 240 g/mol. The summed E-state index contributed by atoms with van der Waals surface area (Å²) in [5, 5.41) is 0. The van der Waals surface area contributed by atoms with Gasteiger partial charge in [0.25, 0.3) is 0 Å². The summed E-state index contributed by atoms with van der Waals surface area (Å²) in [7, 11) is 0. The molecule has 0 amide bonds. The van der Waals surface area contributed by atoms with Crippen LogP contribution in [0.3, 0.4) is 0 Å². The van der Waals surface area contributed by atoms with Gasteiger partial charge < -0.3 is 4.74 Å². The van der Waals surface area contributed by atoms with Crippen LogP contribution in [-0.2, 0) is 9.53 Å². The van der Waals surface area contributed by atoms with Crippen molar-refractivity contribution in [2.24, 2.45) is 0 Å². The van der Waals surface area contributed by atoms with Crippen LogP contribution >= 0.6 is 0 Å². The van der Waals surface area contributed by atoms with E-state index in [4.69, 9.17) is 4.74 Å². The van der Waals surface area contributed by atoms with Gasteiger partial charge in [-0.25, -0.2) is 4.39 Å². The van der Waals surface area contributed by atoms with E-state index in [9.17, 15) is 9.18 Å². The summed E-state index contributed by atoms with van der Waals surface area (Å²) in [5.74, 6) is 0.279. The Labute approximate surface area is 103 Å². The molecule has 0 saturated heterocycles. The molecule has 17 heavy (non-hydrogen) atoms. The smallest absolute Gasteiger partial charge is 0.196 e. The number of allylic oxidation sites excluding steroid dienone is 4. The Morgan fingerprint density at radius 1 is 1.53 bits per heavy atom. The van der Waals surface area contributed by atoms with E-state index >= 15 is 0 Å². The Bertz CT molecular complexity index is 349. The molecule has 0 fully saturated rings. The van der Waals surface area contributed by atoms with Gasteiger partial charge in [0.05, 0.1) is 6.10 Å². The van der Waals surface area contributed by atoms with Crippen molar-refractivity contribution < 1.29 is 13.9 Å². The van der Waals surface area contributed by atoms with Gasteiger partial charge in [-0.15, -0.1) is 0 Å². The molecule has 96 valence electrons. The van der Waals surface area contributed by atoms with Crippen LogP contribution in [0.15, 0.2) is 23.0 Å². The fourth-order valence-electron chi connectivity index (χ4n) is 1.80. The highest BCUT2D eigenvalue weighted by molar-refractivity contribution is 6.00. The van der Waals surface area contributed by atoms with Gasteiger partial charge in [0.15, 0.2) is 12.0 Å². The van der Waals surface area contributed by atoms with Gasteiger partial charge in [0, 0.05) is 12.0 Å². The van der Waals surface area contributed by atoms with Crippen molar-refractivity contribution in [3.8, 4) is 0 Å². The maximum atomic E-state index is 13.4. The molecule has 1 aliphatic rings. The molecule has 1 unspecified atom stereocenters. The molecule has 0 aromatic rings. The van der Waals surface area contributed by atoms with Crippen molar-refractivity contribution in [1.29, 1.82) is 0 Å². The van der Waals surface area contributed by atoms with Gasteiger partial charge in [0.1, 0.15) is 5.76 Å². The molecule has 1 aliphatic carbocycles. The molecule has 0 aliphatic heterocycles. The largest absolute Gasteiger partial charge is 0.495 e. The highest BCUT2D eigenvalue weighted by Crippen LogP contribution is 2.28. The number of alkyl halides is 1. The summed E-state index contributed by atoms with van der Waals surface area (Å²) in [5.41, 5.74) is 1.63. The second-order valence-corrected chi connectivity index (χ2v) is 4.92. The Morgan fingerprint density at radius 2 is 2.18 bits per heavy atom. The van der Waals surface area contributed by atoms with Crippen molar-refractivity contribution >= 4 is 5.78 Å². The molecular formula is C14H21FO2. The second kappa shape index (κ2) is 5.99. The van der Waals surface area contributed by atoms with Crippen molar-refractivity contribution in [2.75, 3.05) is 0 Å². The number of hydrogen-bond acceptors (Lipinski definition) is 2. The standard InChI is InChI=1S/C14H21FO2/c1-9(2)5-6-11-13(17-10(3)4)8-7-12(15)14(11)16/h5,10,12H,6-8H2,1-4H3. The van der Waals surface area contributed by atoms with Crippen molar-refractivity contribution in [3.63, 3.8) is 0 Å². The first-order valence-corrected chi connectivity index (χ1v) is 6.12. The number of carbonyl (C=O) groups excluding carboxylic acids is 1. The zero-order valence-corrected chi connectivity index (χ0v) is 11.0. The lowest BCUT2D eigenvalue weighted by Crippen LogP contribution is -2.25. The van der Waals surface area contributed by atoms with E-state index in [0.717, 1.165) is 5.57 Å². The van der Waals surface area contributed by atoms with E-state index in [-0.39, 0.29) is 12.5 Å². The number of rotatable bonds is 4. The summed E-state index contributed by atoms with van der Waals surface area (Å²) in [6.45, 7) is 7.75. The third kappa shape index (κ3) is 3.99. The molecule has 0 bridgehead atoms. The molecule has 1 atom stereocenters. The highest BCUT2D eigenvalue weighted by atomic mass is 19.1. The topological polar surface area (TPSA) is 26.3 Å². The van der Waals surface area contributed by atoms with Crippen molar-refractivity contribution in [3.05, 3.63) is 23.0 Å². The lowest BCUT2D eigenvalue weighted by atomic mass is 9.92. The molecule has 0 spiro atoms. The second-order valence-electron chi connectivity index (χ2n) is 4.92. The summed E-state index contributed by atoms with van der Waals surface area (Å²) in [6, 6.07) is 0. The van der Waals surface area contributed by atoms with E-state index in [1.165, 1.54) is 0 Å². The first-order chi connectivity index (χ1) is 7.91. The third-order valence-electron chi connectivity index (χ3n) is 2.64. The molecule has 0 radical (unpaired) electrons. The van der Waals surface area contributed by atoms with Gasteiger partial charge in [-0.1, -0.05) is 11.6 Å². The molecule has 0 aromatic heterocycles. The summed E-state index contributed by atoms with van der Waals surface area (Å²) in [4.78, 5) is 11.8. The lowest BCUT2D eigenvalue weighted by Gasteiger charge is -2.23. The molecule has 0 saturated carbocycles. The van der Waals surface area contributed by atoms with Crippen LogP contribution in [0.4, 0.5) is 4.39 Å². The fourth-order valence-corrected chi connectivity index (χ4v) is 1.80. The van der Waals surface area contributed by atoms with Gasteiger partial charge in [0.2, 0.25) is 0 Å². The Morgan fingerprint density at radius 3 is 2.71 bits per heavy atom. The zero-order chi connectivity index (χ0) is 13.0. The SMILES string of the molecule is CC(C)=CCC1=C(OC(C)C)CCC(F)C1=O. The molecule has 0 heterocycles. The van der Waals surface area contributed by atoms with E-state index < -0.39 is 12.0 Å². The van der Waals surface area contributed by atoms with Gasteiger partial charge >= 0.3 is 0 Å². The maximum Gasteiger partial charge on any atom is 0.196 e. The Hall–Kier alpha value is -1.12. The van der Waals surface area contributed by atoms with Crippen molar-refractivity contribution in [2.45, 2.75) is 59.2 Å². The number of ketones is 1. The van der Waals surface area contributed by atoms with E-state index in [1.807, 2.05) is 33.8 Å². The first-order valence-electron chi connectivity index (χ1n) is 6.12. The minimum atomic E-state index is -1.35. The van der Waals surface area contributed by atoms with Crippen LogP contribution in [0, 0.1) is 0 Å². The van der Waals surface area contributed by atoms with Crippen molar-refractivity contribution in [1.82, 2.24) is 0 Å². The summed E-state index contributed by atoms with van der Waals surface area (Å²) >= 11 is 0. The Balaban J connectivity index is 2.95. The van der Waals surface area contributed by atoms with Gasteiger partial charge in [-0.2, -0.15) is 0 Å². The van der Waals surface area contributed by atoms with E-state index in [0.29, 0.717) is 24.2 Å². The molecule has 1 rings (SSSR count). The average Bonchev–Trinajstić information content (AvgIpc) is 2.22. The van der Waals surface area contributed by atoms with Gasteiger partial charge in [-0.3, -0.25) is 4.79 Å². The quantitative estimate of drug-likeness (QED) is 0.700. The highest BCUT2D eigenvalue weighted by Gasteiger charge is 2.30. The molecule has 3 heteroatoms. The zero-order valence-electron chi connectivity index (χ0n) is 11.0. The lowest BCUT2D eigenvalue weighted by molar-refractivity contribution is -0.121. The van der Waals surface area contributed by atoms with E-state index in [1.54, 1.807) is 0 Å². The molecular weight excluding hydrogens is 219 g/mol. The van der Waals surface area contributed by atoms with Crippen LogP contribution in [-0.4, -0.2) is 18.1 Å². The first kappa shape index (κ1) is 13.9. The van der Waals surface area contributed by atoms with Crippen LogP contribution in [0.1, 0.15) is 47.0 Å². The van der Waals surface area contributed by atoms with Crippen LogP contribution < -0.4 is 0 Å². The van der Waals surface area contributed by atoms with Gasteiger partial charge in [-0.05, 0) is 40.5 Å². The minimum absolute atomic E-state index is 0.0238. The fraction of sp³-hybridized carbons (Fsp3) is 0.643. The number of ether oxygens (including phenoxy) is 1. The summed E-state index contributed by atoms with van der Waals surface area (Å²) < 4.78 is 19.0. The number of carbonyl (C=O) groups is 1.